The number of benzene rings is 1. The molecule has 28 heavy (non-hydrogen) atoms. The van der Waals surface area contributed by atoms with Crippen LogP contribution in [0.4, 0.5) is 11.5 Å². The first-order valence-corrected chi connectivity index (χ1v) is 11.1. The van der Waals surface area contributed by atoms with Gasteiger partial charge in [0.25, 0.3) is 5.91 Å². The molecule has 4 rings (SSSR count). The van der Waals surface area contributed by atoms with Crippen molar-refractivity contribution >= 4 is 33.2 Å². The Morgan fingerprint density at radius 2 is 2.00 bits per heavy atom. The van der Waals surface area contributed by atoms with Gasteiger partial charge >= 0.3 is 0 Å². The zero-order chi connectivity index (χ0) is 19.9. The van der Waals surface area contributed by atoms with Crippen LogP contribution >= 0.6 is 0 Å². The Labute approximate surface area is 163 Å². The average molecular weight is 402 g/mol. The molecule has 148 valence electrons. The van der Waals surface area contributed by atoms with Crippen molar-refractivity contribution in [1.29, 1.82) is 0 Å². The van der Waals surface area contributed by atoms with E-state index >= 15 is 0 Å². The molecule has 1 aromatic carbocycles. The smallest absolute Gasteiger partial charge is 0.256 e. The van der Waals surface area contributed by atoms with Crippen LogP contribution in [0.15, 0.2) is 30.3 Å². The van der Waals surface area contributed by atoms with Crippen LogP contribution in [0.2, 0.25) is 0 Å². The van der Waals surface area contributed by atoms with Crippen molar-refractivity contribution in [1.82, 2.24) is 9.78 Å². The highest BCUT2D eigenvalue weighted by atomic mass is 32.2. The molecule has 2 fully saturated rings. The molecule has 9 heteroatoms. The van der Waals surface area contributed by atoms with Gasteiger partial charge in [0.2, 0.25) is 5.91 Å². The van der Waals surface area contributed by atoms with E-state index < -0.39 is 9.84 Å². The lowest BCUT2D eigenvalue weighted by Gasteiger charge is -2.16. The number of carbonyl (C=O) groups is 2. The molecule has 2 aliphatic rings. The molecule has 1 atom stereocenters. The zero-order valence-electron chi connectivity index (χ0n) is 15.6. The molecule has 3 heterocycles. The Bertz CT molecular complexity index is 1030. The van der Waals surface area contributed by atoms with E-state index in [0.29, 0.717) is 36.5 Å². The van der Waals surface area contributed by atoms with Crippen molar-refractivity contribution in [3.05, 3.63) is 41.6 Å². The van der Waals surface area contributed by atoms with Gasteiger partial charge in [-0.1, -0.05) is 0 Å². The molecule has 0 radical (unpaired) electrons. The molecule has 2 amide bonds. The standard InChI is InChI=1S/C19H22N4O4S/c1-13-11-17(23(21-13)16-8-10-28(26,27)12-16)20-19(25)14-4-6-15(7-5-14)22-9-2-3-18(22)24/h4-7,11,16H,2-3,8-10,12H2,1H3,(H,20,25)/t16-/m0/s1. The third-order valence-corrected chi connectivity index (χ3v) is 6.92. The number of aryl methyl sites for hydroxylation is 1. The summed E-state index contributed by atoms with van der Waals surface area (Å²) in [6.07, 6.45) is 1.90. The van der Waals surface area contributed by atoms with Gasteiger partial charge < -0.3 is 10.2 Å². The number of hydrogen-bond donors (Lipinski definition) is 1. The van der Waals surface area contributed by atoms with Crippen LogP contribution in [0.25, 0.3) is 0 Å². The first-order chi connectivity index (χ1) is 13.3. The van der Waals surface area contributed by atoms with E-state index in [4.69, 9.17) is 0 Å². The van der Waals surface area contributed by atoms with E-state index in [9.17, 15) is 18.0 Å². The van der Waals surface area contributed by atoms with Crippen molar-refractivity contribution in [3.63, 3.8) is 0 Å². The minimum Gasteiger partial charge on any atom is -0.312 e. The van der Waals surface area contributed by atoms with Crippen LogP contribution in [-0.2, 0) is 14.6 Å². The second-order valence-corrected chi connectivity index (χ2v) is 9.55. The molecular formula is C19H22N4O4S. The summed E-state index contributed by atoms with van der Waals surface area (Å²) < 4.78 is 25.2. The minimum atomic E-state index is -3.05. The monoisotopic (exact) mass is 402 g/mol. The van der Waals surface area contributed by atoms with E-state index in [-0.39, 0.29) is 29.4 Å². The number of nitrogens with zero attached hydrogens (tertiary/aromatic N) is 3. The summed E-state index contributed by atoms with van der Waals surface area (Å²) >= 11 is 0. The van der Waals surface area contributed by atoms with Gasteiger partial charge in [0, 0.05) is 30.3 Å². The lowest BCUT2D eigenvalue weighted by Crippen LogP contribution is -2.23. The third-order valence-electron chi connectivity index (χ3n) is 5.17. The summed E-state index contributed by atoms with van der Waals surface area (Å²) in [5, 5.41) is 7.21. The molecule has 2 aromatic rings. The van der Waals surface area contributed by atoms with Crippen molar-refractivity contribution < 1.29 is 18.0 Å². The fraction of sp³-hybridized carbons (Fsp3) is 0.421. The molecule has 0 unspecified atom stereocenters. The topological polar surface area (TPSA) is 101 Å². The van der Waals surface area contributed by atoms with Gasteiger partial charge in [0.1, 0.15) is 5.82 Å². The summed E-state index contributed by atoms with van der Waals surface area (Å²) in [4.78, 5) is 26.2. The van der Waals surface area contributed by atoms with E-state index in [2.05, 4.69) is 10.4 Å². The normalized spacial score (nSPS) is 21.2. The van der Waals surface area contributed by atoms with E-state index in [0.717, 1.165) is 12.1 Å². The maximum atomic E-state index is 12.7. The Morgan fingerprint density at radius 1 is 1.25 bits per heavy atom. The number of aromatic nitrogens is 2. The average Bonchev–Trinajstić information content (AvgIpc) is 3.33. The van der Waals surface area contributed by atoms with Crippen LogP contribution in [0.3, 0.4) is 0 Å². The maximum absolute atomic E-state index is 12.7. The Kier molecular flexibility index (Phi) is 4.70. The molecule has 0 bridgehead atoms. The van der Waals surface area contributed by atoms with Crippen LogP contribution < -0.4 is 10.2 Å². The predicted octanol–water partition coefficient (Wildman–Crippen LogP) is 1.93. The largest absolute Gasteiger partial charge is 0.312 e. The fourth-order valence-corrected chi connectivity index (χ4v) is 5.45. The Morgan fingerprint density at radius 3 is 2.61 bits per heavy atom. The van der Waals surface area contributed by atoms with E-state index in [1.807, 2.05) is 0 Å². The molecule has 0 saturated carbocycles. The van der Waals surface area contributed by atoms with Crippen molar-refractivity contribution in [2.45, 2.75) is 32.2 Å². The first kappa shape index (κ1) is 18.7. The number of sulfone groups is 1. The maximum Gasteiger partial charge on any atom is 0.256 e. The van der Waals surface area contributed by atoms with Crippen LogP contribution in [0, 0.1) is 6.92 Å². The van der Waals surface area contributed by atoms with Gasteiger partial charge in [0.15, 0.2) is 9.84 Å². The van der Waals surface area contributed by atoms with Gasteiger partial charge in [-0.25, -0.2) is 13.1 Å². The summed E-state index contributed by atoms with van der Waals surface area (Å²) in [6.45, 7) is 2.50. The van der Waals surface area contributed by atoms with Crippen molar-refractivity contribution in [2.75, 3.05) is 28.3 Å². The number of carbonyl (C=O) groups excluding carboxylic acids is 2. The summed E-state index contributed by atoms with van der Waals surface area (Å²) in [5.41, 5.74) is 1.96. The second kappa shape index (κ2) is 7.05. The lowest BCUT2D eigenvalue weighted by molar-refractivity contribution is -0.117. The zero-order valence-corrected chi connectivity index (χ0v) is 16.4. The van der Waals surface area contributed by atoms with E-state index in [1.165, 1.54) is 0 Å². The molecule has 1 aromatic heterocycles. The lowest BCUT2D eigenvalue weighted by atomic mass is 10.2. The van der Waals surface area contributed by atoms with Crippen LogP contribution in [0.5, 0.6) is 0 Å². The van der Waals surface area contributed by atoms with Gasteiger partial charge in [-0.15, -0.1) is 0 Å². The highest BCUT2D eigenvalue weighted by Gasteiger charge is 2.31. The molecule has 1 N–H and O–H groups in total. The third kappa shape index (κ3) is 3.66. The minimum absolute atomic E-state index is 0.0373. The Hall–Kier alpha value is -2.68. The Balaban J connectivity index is 1.50. The van der Waals surface area contributed by atoms with Gasteiger partial charge in [-0.2, -0.15) is 5.10 Å². The van der Waals surface area contributed by atoms with Gasteiger partial charge in [-0.05, 0) is 44.0 Å². The summed E-state index contributed by atoms with van der Waals surface area (Å²) in [7, 11) is -3.05. The molecule has 2 aliphatic heterocycles. The number of amides is 2. The van der Waals surface area contributed by atoms with E-state index in [1.54, 1.807) is 46.8 Å². The second-order valence-electron chi connectivity index (χ2n) is 7.32. The molecule has 2 saturated heterocycles. The number of nitrogens with one attached hydrogen (secondary N) is 1. The van der Waals surface area contributed by atoms with Gasteiger partial charge in [0.05, 0.1) is 23.2 Å². The summed E-state index contributed by atoms with van der Waals surface area (Å²) in [6, 6.07) is 8.37. The molecule has 0 aliphatic carbocycles. The highest BCUT2D eigenvalue weighted by molar-refractivity contribution is 7.91. The van der Waals surface area contributed by atoms with Crippen molar-refractivity contribution in [3.8, 4) is 0 Å². The van der Waals surface area contributed by atoms with Crippen LogP contribution in [0.1, 0.15) is 41.4 Å². The SMILES string of the molecule is Cc1cc(NC(=O)c2ccc(N3CCCC3=O)cc2)n([C@H]2CCS(=O)(=O)C2)n1. The number of anilines is 2. The predicted molar refractivity (Wildman–Crippen MR) is 105 cm³/mol. The highest BCUT2D eigenvalue weighted by Crippen LogP contribution is 2.27. The fourth-order valence-electron chi connectivity index (χ4n) is 3.76. The number of rotatable bonds is 4. The number of hydrogen-bond acceptors (Lipinski definition) is 5. The quantitative estimate of drug-likeness (QED) is 0.842. The molecular weight excluding hydrogens is 380 g/mol. The van der Waals surface area contributed by atoms with Crippen LogP contribution in [-0.4, -0.2) is 48.1 Å². The summed E-state index contributed by atoms with van der Waals surface area (Å²) in [5.74, 6) is 0.462. The van der Waals surface area contributed by atoms with Crippen molar-refractivity contribution in [2.24, 2.45) is 0 Å². The first-order valence-electron chi connectivity index (χ1n) is 9.31. The molecule has 8 nitrogen and oxygen atoms in total. The molecule has 0 spiro atoms. The van der Waals surface area contributed by atoms with Gasteiger partial charge in [-0.3, -0.25) is 9.59 Å².